The molecule has 1 aromatic rings. The number of carbonyl (C=O) groups excluding carboxylic acids is 1. The normalized spacial score (nSPS) is 19.9. The van der Waals surface area contributed by atoms with E-state index in [-0.39, 0.29) is 17.8 Å². The van der Waals surface area contributed by atoms with Crippen LogP contribution >= 0.6 is 0 Å². The van der Waals surface area contributed by atoms with Crippen LogP contribution in [0, 0.1) is 5.82 Å². The lowest BCUT2D eigenvalue weighted by molar-refractivity contribution is -0.130. The molecule has 1 aromatic carbocycles. The highest BCUT2D eigenvalue weighted by molar-refractivity contribution is 5.84. The minimum absolute atomic E-state index is 0.0847. The van der Waals surface area contributed by atoms with E-state index in [1.807, 2.05) is 19.9 Å². The molecule has 1 N–H and O–H groups in total. The van der Waals surface area contributed by atoms with Gasteiger partial charge in [0.1, 0.15) is 5.82 Å². The summed E-state index contributed by atoms with van der Waals surface area (Å²) in [7, 11) is 0. The number of halogens is 1. The maximum Gasteiger partial charge on any atom is 0.240 e. The fourth-order valence-electron chi connectivity index (χ4n) is 2.31. The van der Waals surface area contributed by atoms with E-state index in [1.54, 1.807) is 11.0 Å². The minimum atomic E-state index is -0.254. The summed E-state index contributed by atoms with van der Waals surface area (Å²) >= 11 is 0. The van der Waals surface area contributed by atoms with Gasteiger partial charge in [-0.05, 0) is 24.1 Å². The van der Waals surface area contributed by atoms with Gasteiger partial charge in [-0.15, -0.1) is 0 Å². The number of benzene rings is 1. The Balaban J connectivity index is 1.97. The zero-order valence-corrected chi connectivity index (χ0v) is 10.8. The summed E-state index contributed by atoms with van der Waals surface area (Å²) in [6, 6.07) is 6.63. The Kier molecular flexibility index (Phi) is 3.97. The summed E-state index contributed by atoms with van der Waals surface area (Å²) in [5.41, 5.74) is 0.841. The molecule has 1 aliphatic heterocycles. The highest BCUT2D eigenvalue weighted by atomic mass is 19.1. The zero-order chi connectivity index (χ0) is 13.1. The Morgan fingerprint density at radius 2 is 2.28 bits per heavy atom. The van der Waals surface area contributed by atoms with Gasteiger partial charge in [-0.2, -0.15) is 0 Å². The highest BCUT2D eigenvalue weighted by Crippen LogP contribution is 2.16. The van der Waals surface area contributed by atoms with Crippen LogP contribution in [0.15, 0.2) is 24.3 Å². The summed E-state index contributed by atoms with van der Waals surface area (Å²) in [6.45, 7) is 5.29. The third-order valence-corrected chi connectivity index (χ3v) is 3.09. The first-order valence-electron chi connectivity index (χ1n) is 6.35. The summed E-state index contributed by atoms with van der Waals surface area (Å²) < 4.78 is 13.1. The van der Waals surface area contributed by atoms with Crippen molar-refractivity contribution in [2.45, 2.75) is 38.9 Å². The molecule has 4 heteroatoms. The second-order valence-corrected chi connectivity index (χ2v) is 5.05. The average Bonchev–Trinajstić information content (AvgIpc) is 2.61. The number of amides is 1. The molecular weight excluding hydrogens is 231 g/mol. The van der Waals surface area contributed by atoms with Crippen molar-refractivity contribution >= 4 is 5.91 Å². The number of hydrogen-bond acceptors (Lipinski definition) is 2. The van der Waals surface area contributed by atoms with Gasteiger partial charge in [0.15, 0.2) is 0 Å². The highest BCUT2D eigenvalue weighted by Gasteiger charge is 2.31. The lowest BCUT2D eigenvalue weighted by Gasteiger charge is -2.18. The van der Waals surface area contributed by atoms with Crippen LogP contribution in [0.5, 0.6) is 0 Å². The van der Waals surface area contributed by atoms with Crippen LogP contribution in [0.2, 0.25) is 0 Å². The van der Waals surface area contributed by atoms with Crippen molar-refractivity contribution in [1.29, 1.82) is 0 Å². The van der Waals surface area contributed by atoms with E-state index < -0.39 is 0 Å². The fraction of sp³-hybridized carbons (Fsp3) is 0.500. The van der Waals surface area contributed by atoms with Gasteiger partial charge in [-0.25, -0.2) is 4.39 Å². The van der Waals surface area contributed by atoms with Gasteiger partial charge >= 0.3 is 0 Å². The lowest BCUT2D eigenvalue weighted by Crippen LogP contribution is -2.41. The van der Waals surface area contributed by atoms with E-state index in [9.17, 15) is 9.18 Å². The Labute approximate surface area is 107 Å². The van der Waals surface area contributed by atoms with Gasteiger partial charge in [0.25, 0.3) is 0 Å². The molecular formula is C14H19FN2O. The van der Waals surface area contributed by atoms with Crippen molar-refractivity contribution in [3.05, 3.63) is 35.6 Å². The second kappa shape index (κ2) is 5.48. The molecule has 1 aliphatic rings. The Hall–Kier alpha value is -1.42. The van der Waals surface area contributed by atoms with Gasteiger partial charge in [0.2, 0.25) is 5.91 Å². The molecule has 1 unspecified atom stereocenters. The number of nitrogens with one attached hydrogen (secondary N) is 1. The van der Waals surface area contributed by atoms with Gasteiger partial charge < -0.3 is 10.2 Å². The van der Waals surface area contributed by atoms with E-state index in [4.69, 9.17) is 0 Å². The first kappa shape index (κ1) is 13.0. The van der Waals surface area contributed by atoms with Gasteiger partial charge in [-0.3, -0.25) is 4.79 Å². The molecule has 1 fully saturated rings. The maximum absolute atomic E-state index is 13.1. The van der Waals surface area contributed by atoms with Crippen molar-refractivity contribution in [3.63, 3.8) is 0 Å². The number of likely N-dealkylation sites (tertiary alicyclic amines) is 1. The maximum atomic E-state index is 13.1. The summed E-state index contributed by atoms with van der Waals surface area (Å²) in [5, 5.41) is 3.25. The number of hydrogen-bond donors (Lipinski definition) is 1. The van der Waals surface area contributed by atoms with E-state index in [2.05, 4.69) is 5.32 Å². The van der Waals surface area contributed by atoms with Crippen molar-refractivity contribution in [3.8, 4) is 0 Å². The van der Waals surface area contributed by atoms with Crippen LogP contribution < -0.4 is 5.32 Å². The molecule has 18 heavy (non-hydrogen) atoms. The third-order valence-electron chi connectivity index (χ3n) is 3.09. The Morgan fingerprint density at radius 3 is 2.94 bits per heavy atom. The SMILES string of the molecule is CC(C)NC1CCN(Cc2cccc(F)c2)C1=O. The topological polar surface area (TPSA) is 32.3 Å². The molecule has 0 spiro atoms. The molecule has 1 saturated heterocycles. The number of carbonyl (C=O) groups is 1. The first-order chi connectivity index (χ1) is 8.56. The molecule has 3 nitrogen and oxygen atoms in total. The van der Waals surface area contributed by atoms with Crippen molar-refractivity contribution < 1.29 is 9.18 Å². The fourth-order valence-corrected chi connectivity index (χ4v) is 2.31. The summed E-state index contributed by atoms with van der Waals surface area (Å²) in [4.78, 5) is 13.9. The molecule has 1 heterocycles. The number of nitrogens with zero attached hydrogens (tertiary/aromatic N) is 1. The summed E-state index contributed by atoms with van der Waals surface area (Å²) in [6.07, 6.45) is 0.826. The monoisotopic (exact) mass is 250 g/mol. The van der Waals surface area contributed by atoms with E-state index >= 15 is 0 Å². The largest absolute Gasteiger partial charge is 0.337 e. The van der Waals surface area contributed by atoms with Crippen LogP contribution in [0.3, 0.4) is 0 Å². The average molecular weight is 250 g/mol. The van der Waals surface area contributed by atoms with E-state index in [0.29, 0.717) is 12.6 Å². The van der Waals surface area contributed by atoms with Crippen molar-refractivity contribution in [1.82, 2.24) is 10.2 Å². The molecule has 2 rings (SSSR count). The van der Waals surface area contributed by atoms with Gasteiger partial charge in [-0.1, -0.05) is 26.0 Å². The predicted molar refractivity (Wildman–Crippen MR) is 68.5 cm³/mol. The summed E-state index contributed by atoms with van der Waals surface area (Å²) in [5.74, 6) is -0.135. The molecule has 0 saturated carbocycles. The van der Waals surface area contributed by atoms with Crippen LogP contribution in [0.25, 0.3) is 0 Å². The molecule has 1 amide bonds. The van der Waals surface area contributed by atoms with Crippen molar-refractivity contribution in [2.75, 3.05) is 6.54 Å². The molecule has 0 aromatic heterocycles. The smallest absolute Gasteiger partial charge is 0.240 e. The van der Waals surface area contributed by atoms with Crippen LogP contribution in [-0.4, -0.2) is 29.4 Å². The van der Waals surface area contributed by atoms with Crippen molar-refractivity contribution in [2.24, 2.45) is 0 Å². The van der Waals surface area contributed by atoms with Gasteiger partial charge in [0, 0.05) is 19.1 Å². The quantitative estimate of drug-likeness (QED) is 0.885. The minimum Gasteiger partial charge on any atom is -0.337 e. The van der Waals surface area contributed by atoms with Gasteiger partial charge in [0.05, 0.1) is 6.04 Å². The molecule has 98 valence electrons. The molecule has 0 aliphatic carbocycles. The standard InChI is InChI=1S/C14H19FN2O/c1-10(2)16-13-6-7-17(14(13)18)9-11-4-3-5-12(15)8-11/h3-5,8,10,13,16H,6-7,9H2,1-2H3. The zero-order valence-electron chi connectivity index (χ0n) is 10.8. The predicted octanol–water partition coefficient (Wildman–Crippen LogP) is 1.92. The first-order valence-corrected chi connectivity index (χ1v) is 6.35. The van der Waals surface area contributed by atoms with E-state index in [0.717, 1.165) is 18.5 Å². The molecule has 0 radical (unpaired) electrons. The molecule has 0 bridgehead atoms. The van der Waals surface area contributed by atoms with Crippen LogP contribution in [0.4, 0.5) is 4.39 Å². The molecule has 1 atom stereocenters. The number of rotatable bonds is 4. The van der Waals surface area contributed by atoms with Crippen LogP contribution in [-0.2, 0) is 11.3 Å². The third kappa shape index (κ3) is 3.07. The Bertz CT molecular complexity index is 434. The Morgan fingerprint density at radius 1 is 1.50 bits per heavy atom. The van der Waals surface area contributed by atoms with E-state index in [1.165, 1.54) is 12.1 Å². The van der Waals surface area contributed by atoms with Crippen LogP contribution in [0.1, 0.15) is 25.8 Å². The lowest BCUT2D eigenvalue weighted by atomic mass is 10.2. The second-order valence-electron chi connectivity index (χ2n) is 5.05.